The van der Waals surface area contributed by atoms with Gasteiger partial charge in [-0.05, 0) is 37.3 Å². The molecule has 1 heterocycles. The number of ether oxygens (including phenoxy) is 1. The highest BCUT2D eigenvalue weighted by atomic mass is 19.1. The summed E-state index contributed by atoms with van der Waals surface area (Å²) in [5.41, 5.74) is 8.69. The molecule has 3 aromatic rings. The molecule has 2 N–H and O–H groups in total. The Bertz CT molecular complexity index is 780. The number of aromatic nitrogens is 1. The highest BCUT2D eigenvalue weighted by molar-refractivity contribution is 5.86. The van der Waals surface area contributed by atoms with Gasteiger partial charge in [-0.2, -0.15) is 0 Å². The fourth-order valence-corrected chi connectivity index (χ4v) is 2.48. The molecule has 21 heavy (non-hydrogen) atoms. The molecule has 0 radical (unpaired) electrons. The van der Waals surface area contributed by atoms with E-state index >= 15 is 0 Å². The average molecular weight is 284 g/mol. The van der Waals surface area contributed by atoms with Gasteiger partial charge in [-0.15, -0.1) is 0 Å². The fourth-order valence-electron chi connectivity index (χ4n) is 2.48. The van der Waals surface area contributed by atoms with Crippen molar-refractivity contribution in [2.24, 2.45) is 0 Å². The number of nitrogen functional groups attached to an aromatic ring is 1. The van der Waals surface area contributed by atoms with Crippen LogP contribution in [0.25, 0.3) is 10.9 Å². The van der Waals surface area contributed by atoms with Crippen molar-refractivity contribution in [3.63, 3.8) is 0 Å². The van der Waals surface area contributed by atoms with Crippen LogP contribution in [0.2, 0.25) is 0 Å². The number of fused-ring (bicyclic) bond motifs is 1. The molecule has 0 fully saturated rings. The van der Waals surface area contributed by atoms with Crippen LogP contribution in [-0.4, -0.2) is 4.57 Å². The Balaban J connectivity index is 1.93. The molecule has 3 rings (SSSR count). The summed E-state index contributed by atoms with van der Waals surface area (Å²) in [6, 6.07) is 12.2. The first-order valence-corrected chi connectivity index (χ1v) is 6.93. The second-order valence-electron chi connectivity index (χ2n) is 4.94. The second kappa shape index (κ2) is 5.48. The number of para-hydroxylation sites is 1. The number of aryl methyl sites for hydroxylation is 1. The molecule has 4 heteroatoms. The number of nitrogens with two attached hydrogens (primary N) is 1. The molecule has 0 aliphatic rings. The van der Waals surface area contributed by atoms with E-state index in [4.69, 9.17) is 10.5 Å². The van der Waals surface area contributed by atoms with Crippen molar-refractivity contribution in [3.8, 4) is 5.75 Å². The lowest BCUT2D eigenvalue weighted by atomic mass is 10.1. The van der Waals surface area contributed by atoms with E-state index in [0.29, 0.717) is 12.3 Å². The van der Waals surface area contributed by atoms with Gasteiger partial charge in [0.15, 0.2) is 11.6 Å². The Labute approximate surface area is 122 Å². The minimum absolute atomic E-state index is 0.263. The summed E-state index contributed by atoms with van der Waals surface area (Å²) in [6.07, 6.45) is 2.03. The summed E-state index contributed by atoms with van der Waals surface area (Å²) < 4.78 is 21.3. The maximum absolute atomic E-state index is 13.6. The lowest BCUT2D eigenvalue weighted by Gasteiger charge is -2.06. The first kappa shape index (κ1) is 13.5. The van der Waals surface area contributed by atoms with E-state index in [9.17, 15) is 4.39 Å². The SMILES string of the molecule is CCn1cc(COc2ccccc2F)c2cc(N)ccc21. The molecular weight excluding hydrogens is 267 g/mol. The average Bonchev–Trinajstić information content (AvgIpc) is 2.83. The number of nitrogens with zero attached hydrogens (tertiary/aromatic N) is 1. The van der Waals surface area contributed by atoms with Crippen LogP contribution in [0, 0.1) is 5.82 Å². The molecule has 0 spiro atoms. The Kier molecular flexibility index (Phi) is 3.52. The van der Waals surface area contributed by atoms with Crippen LogP contribution in [0.3, 0.4) is 0 Å². The van der Waals surface area contributed by atoms with Gasteiger partial charge in [0, 0.05) is 34.9 Å². The monoisotopic (exact) mass is 284 g/mol. The lowest BCUT2D eigenvalue weighted by Crippen LogP contribution is -1.97. The highest BCUT2D eigenvalue weighted by Crippen LogP contribution is 2.26. The quantitative estimate of drug-likeness (QED) is 0.737. The largest absolute Gasteiger partial charge is 0.486 e. The van der Waals surface area contributed by atoms with Gasteiger partial charge in [-0.25, -0.2) is 4.39 Å². The molecular formula is C17H17FN2O. The predicted octanol–water partition coefficient (Wildman–Crippen LogP) is 3.96. The molecule has 0 bridgehead atoms. The number of benzene rings is 2. The third kappa shape index (κ3) is 2.57. The first-order valence-electron chi connectivity index (χ1n) is 6.93. The minimum atomic E-state index is -0.351. The molecule has 1 aromatic heterocycles. The van der Waals surface area contributed by atoms with Gasteiger partial charge in [0.25, 0.3) is 0 Å². The van der Waals surface area contributed by atoms with Crippen molar-refractivity contribution in [2.75, 3.05) is 5.73 Å². The molecule has 2 aromatic carbocycles. The van der Waals surface area contributed by atoms with Crippen LogP contribution in [0.5, 0.6) is 5.75 Å². The van der Waals surface area contributed by atoms with E-state index in [1.165, 1.54) is 6.07 Å². The third-order valence-electron chi connectivity index (χ3n) is 3.55. The predicted molar refractivity (Wildman–Crippen MR) is 82.8 cm³/mol. The van der Waals surface area contributed by atoms with Gasteiger partial charge >= 0.3 is 0 Å². The van der Waals surface area contributed by atoms with Crippen molar-refractivity contribution in [3.05, 3.63) is 60.0 Å². The van der Waals surface area contributed by atoms with Gasteiger partial charge in [0.05, 0.1) is 0 Å². The van der Waals surface area contributed by atoms with E-state index in [-0.39, 0.29) is 11.6 Å². The third-order valence-corrected chi connectivity index (χ3v) is 3.55. The summed E-state index contributed by atoms with van der Waals surface area (Å²) in [7, 11) is 0. The molecule has 0 unspecified atom stereocenters. The number of anilines is 1. The zero-order valence-electron chi connectivity index (χ0n) is 11.8. The van der Waals surface area contributed by atoms with Crippen LogP contribution in [0.15, 0.2) is 48.7 Å². The Morgan fingerprint density at radius 3 is 2.76 bits per heavy atom. The molecule has 0 saturated carbocycles. The number of halogens is 1. The molecule has 0 aliphatic heterocycles. The van der Waals surface area contributed by atoms with E-state index in [0.717, 1.165) is 23.0 Å². The van der Waals surface area contributed by atoms with Crippen LogP contribution in [-0.2, 0) is 13.2 Å². The number of hydrogen-bond donors (Lipinski definition) is 1. The minimum Gasteiger partial charge on any atom is -0.486 e. The maximum atomic E-state index is 13.6. The lowest BCUT2D eigenvalue weighted by molar-refractivity contribution is 0.291. The normalized spacial score (nSPS) is 11.0. The van der Waals surface area contributed by atoms with Crippen molar-refractivity contribution >= 4 is 16.6 Å². The van der Waals surface area contributed by atoms with E-state index < -0.39 is 0 Å². The maximum Gasteiger partial charge on any atom is 0.165 e. The van der Waals surface area contributed by atoms with E-state index in [1.54, 1.807) is 18.2 Å². The Morgan fingerprint density at radius 2 is 2.00 bits per heavy atom. The van der Waals surface area contributed by atoms with Crippen LogP contribution >= 0.6 is 0 Å². The second-order valence-corrected chi connectivity index (χ2v) is 4.94. The Hall–Kier alpha value is -2.49. The van der Waals surface area contributed by atoms with Crippen molar-refractivity contribution in [2.45, 2.75) is 20.1 Å². The summed E-state index contributed by atoms with van der Waals surface area (Å²) in [6.45, 7) is 3.26. The van der Waals surface area contributed by atoms with Gasteiger partial charge in [-0.3, -0.25) is 0 Å². The first-order chi connectivity index (χ1) is 10.2. The standard InChI is InChI=1S/C17H17FN2O/c1-2-20-10-12(14-9-13(19)7-8-16(14)20)11-21-17-6-4-3-5-15(17)18/h3-10H,2,11,19H2,1H3. The highest BCUT2D eigenvalue weighted by Gasteiger charge is 2.10. The number of rotatable bonds is 4. The fraction of sp³-hybridized carbons (Fsp3) is 0.176. The van der Waals surface area contributed by atoms with Gasteiger partial charge in [0.1, 0.15) is 6.61 Å². The molecule has 0 atom stereocenters. The van der Waals surface area contributed by atoms with Crippen LogP contribution in [0.1, 0.15) is 12.5 Å². The van der Waals surface area contributed by atoms with Crippen molar-refractivity contribution in [1.29, 1.82) is 0 Å². The van der Waals surface area contributed by atoms with Crippen molar-refractivity contribution < 1.29 is 9.13 Å². The van der Waals surface area contributed by atoms with Gasteiger partial charge in [-0.1, -0.05) is 12.1 Å². The smallest absolute Gasteiger partial charge is 0.165 e. The van der Waals surface area contributed by atoms with Crippen LogP contribution in [0.4, 0.5) is 10.1 Å². The molecule has 108 valence electrons. The van der Waals surface area contributed by atoms with E-state index in [2.05, 4.69) is 11.5 Å². The number of hydrogen-bond acceptors (Lipinski definition) is 2. The topological polar surface area (TPSA) is 40.2 Å². The van der Waals surface area contributed by atoms with Crippen molar-refractivity contribution in [1.82, 2.24) is 4.57 Å². The molecule has 0 saturated heterocycles. The Morgan fingerprint density at radius 1 is 1.19 bits per heavy atom. The summed E-state index contributed by atoms with van der Waals surface area (Å²) in [4.78, 5) is 0. The zero-order chi connectivity index (χ0) is 14.8. The summed E-state index contributed by atoms with van der Waals surface area (Å²) in [5.74, 6) is -0.0879. The van der Waals surface area contributed by atoms with E-state index in [1.807, 2.05) is 24.4 Å². The summed E-state index contributed by atoms with van der Waals surface area (Å²) >= 11 is 0. The van der Waals surface area contributed by atoms with Gasteiger partial charge in [0.2, 0.25) is 0 Å². The van der Waals surface area contributed by atoms with Crippen LogP contribution < -0.4 is 10.5 Å². The molecule has 3 nitrogen and oxygen atoms in total. The summed E-state index contributed by atoms with van der Waals surface area (Å²) in [5, 5.41) is 1.05. The molecule has 0 aliphatic carbocycles. The zero-order valence-corrected chi connectivity index (χ0v) is 11.8. The van der Waals surface area contributed by atoms with Gasteiger partial charge < -0.3 is 15.0 Å². The molecule has 0 amide bonds.